The fourth-order valence-electron chi connectivity index (χ4n) is 3.59. The maximum Gasteiger partial charge on any atom is 0.122 e. The van der Waals surface area contributed by atoms with Crippen LogP contribution in [0, 0.1) is 12.8 Å². The zero-order valence-electron chi connectivity index (χ0n) is 12.6. The zero-order valence-corrected chi connectivity index (χ0v) is 12.6. The minimum absolute atomic E-state index is 0.750. The highest BCUT2D eigenvalue weighted by atomic mass is 16.5. The van der Waals surface area contributed by atoms with Crippen molar-refractivity contribution in [1.29, 1.82) is 0 Å². The molecule has 0 radical (unpaired) electrons. The predicted octanol–water partition coefficient (Wildman–Crippen LogP) is 1.97. The lowest BCUT2D eigenvalue weighted by atomic mass is 9.85. The van der Waals surface area contributed by atoms with Crippen LogP contribution in [0.3, 0.4) is 0 Å². The van der Waals surface area contributed by atoms with Gasteiger partial charge in [-0.25, -0.2) is 0 Å². The van der Waals surface area contributed by atoms with E-state index in [1.165, 1.54) is 38.9 Å². The van der Waals surface area contributed by atoms with Gasteiger partial charge in [0.25, 0.3) is 0 Å². The second kappa shape index (κ2) is 6.10. The standard InChI is InChI=1S/C16H25N3O/c1-12-8-15(20-2)9-14(18-12)11-19-7-5-16-13(10-19)4-3-6-17-16/h8-9,13,16-17H,3-7,10-11H2,1-2H3. The first-order chi connectivity index (χ1) is 9.74. The van der Waals surface area contributed by atoms with Crippen molar-refractivity contribution in [2.75, 3.05) is 26.7 Å². The summed E-state index contributed by atoms with van der Waals surface area (Å²) in [6, 6.07) is 4.80. The monoisotopic (exact) mass is 275 g/mol. The summed E-state index contributed by atoms with van der Waals surface area (Å²) >= 11 is 0. The number of hydrogen-bond donors (Lipinski definition) is 1. The van der Waals surface area contributed by atoms with Gasteiger partial charge < -0.3 is 10.1 Å². The average molecular weight is 275 g/mol. The van der Waals surface area contributed by atoms with Gasteiger partial charge >= 0.3 is 0 Å². The first-order valence-electron chi connectivity index (χ1n) is 7.72. The van der Waals surface area contributed by atoms with Crippen LogP contribution in [0.1, 0.15) is 30.7 Å². The molecular weight excluding hydrogens is 250 g/mol. The first kappa shape index (κ1) is 13.8. The fourth-order valence-corrected chi connectivity index (χ4v) is 3.59. The molecule has 0 saturated carbocycles. The Kier molecular flexibility index (Phi) is 4.22. The number of ether oxygens (including phenoxy) is 1. The number of rotatable bonds is 3. The third-order valence-electron chi connectivity index (χ3n) is 4.58. The number of fused-ring (bicyclic) bond motifs is 1. The van der Waals surface area contributed by atoms with E-state index in [2.05, 4.69) is 21.3 Å². The van der Waals surface area contributed by atoms with Crippen LogP contribution >= 0.6 is 0 Å². The second-order valence-corrected chi connectivity index (χ2v) is 6.13. The maximum atomic E-state index is 5.34. The van der Waals surface area contributed by atoms with E-state index in [4.69, 9.17) is 4.74 Å². The van der Waals surface area contributed by atoms with Crippen molar-refractivity contribution in [2.45, 2.75) is 38.8 Å². The summed E-state index contributed by atoms with van der Waals surface area (Å²) in [5, 5.41) is 3.67. The van der Waals surface area contributed by atoms with Crippen molar-refractivity contribution >= 4 is 0 Å². The summed E-state index contributed by atoms with van der Waals surface area (Å²) < 4.78 is 5.34. The molecule has 110 valence electrons. The molecule has 3 rings (SSSR count). The van der Waals surface area contributed by atoms with Crippen molar-refractivity contribution < 1.29 is 4.74 Å². The Morgan fingerprint density at radius 1 is 1.40 bits per heavy atom. The molecule has 2 unspecified atom stereocenters. The van der Waals surface area contributed by atoms with Crippen molar-refractivity contribution in [2.24, 2.45) is 5.92 Å². The van der Waals surface area contributed by atoms with Gasteiger partial charge in [-0.1, -0.05) is 0 Å². The van der Waals surface area contributed by atoms with E-state index in [1.54, 1.807) is 7.11 Å². The van der Waals surface area contributed by atoms with Crippen LogP contribution in [0.2, 0.25) is 0 Å². The highest BCUT2D eigenvalue weighted by molar-refractivity contribution is 5.26. The van der Waals surface area contributed by atoms with Gasteiger partial charge in [0.1, 0.15) is 5.75 Å². The third kappa shape index (κ3) is 3.13. The van der Waals surface area contributed by atoms with Gasteiger partial charge in [-0.3, -0.25) is 9.88 Å². The highest BCUT2D eigenvalue weighted by Crippen LogP contribution is 2.26. The fraction of sp³-hybridized carbons (Fsp3) is 0.688. The van der Waals surface area contributed by atoms with Gasteiger partial charge in [0.15, 0.2) is 0 Å². The van der Waals surface area contributed by atoms with E-state index >= 15 is 0 Å². The summed E-state index contributed by atoms with van der Waals surface area (Å²) in [4.78, 5) is 7.19. The van der Waals surface area contributed by atoms with Gasteiger partial charge in [0.05, 0.1) is 12.8 Å². The van der Waals surface area contributed by atoms with Gasteiger partial charge in [-0.15, -0.1) is 0 Å². The van der Waals surface area contributed by atoms with Crippen molar-refractivity contribution in [1.82, 2.24) is 15.2 Å². The number of likely N-dealkylation sites (tertiary alicyclic amines) is 1. The number of aryl methyl sites for hydroxylation is 1. The molecule has 0 spiro atoms. The Morgan fingerprint density at radius 3 is 3.15 bits per heavy atom. The molecule has 4 heteroatoms. The van der Waals surface area contributed by atoms with Crippen molar-refractivity contribution in [3.8, 4) is 5.75 Å². The quantitative estimate of drug-likeness (QED) is 0.915. The van der Waals surface area contributed by atoms with E-state index in [9.17, 15) is 0 Å². The number of hydrogen-bond acceptors (Lipinski definition) is 4. The van der Waals surface area contributed by atoms with E-state index in [0.717, 1.165) is 35.6 Å². The number of piperidine rings is 2. The van der Waals surface area contributed by atoms with Gasteiger partial charge in [0.2, 0.25) is 0 Å². The summed E-state index contributed by atoms with van der Waals surface area (Å²) in [5.41, 5.74) is 2.16. The zero-order chi connectivity index (χ0) is 13.9. The van der Waals surface area contributed by atoms with Crippen molar-refractivity contribution in [3.05, 3.63) is 23.5 Å². The van der Waals surface area contributed by atoms with Crippen LogP contribution in [0.4, 0.5) is 0 Å². The van der Waals surface area contributed by atoms with Crippen molar-refractivity contribution in [3.63, 3.8) is 0 Å². The van der Waals surface area contributed by atoms with E-state index in [1.807, 2.05) is 13.0 Å². The van der Waals surface area contributed by atoms with Gasteiger partial charge in [-0.2, -0.15) is 0 Å². The Morgan fingerprint density at radius 2 is 2.30 bits per heavy atom. The minimum atomic E-state index is 0.750. The summed E-state index contributed by atoms with van der Waals surface area (Å²) in [7, 11) is 1.72. The largest absolute Gasteiger partial charge is 0.497 e. The lowest BCUT2D eigenvalue weighted by molar-refractivity contribution is 0.108. The molecular formula is C16H25N3O. The van der Waals surface area contributed by atoms with Crippen LogP contribution < -0.4 is 10.1 Å². The first-order valence-corrected chi connectivity index (χ1v) is 7.72. The highest BCUT2D eigenvalue weighted by Gasteiger charge is 2.30. The third-order valence-corrected chi connectivity index (χ3v) is 4.58. The number of nitrogens with one attached hydrogen (secondary N) is 1. The van der Waals surface area contributed by atoms with Crippen LogP contribution in [0.5, 0.6) is 5.75 Å². The SMILES string of the molecule is COc1cc(C)nc(CN2CCC3NCCCC3C2)c1. The number of methoxy groups -OCH3 is 1. The van der Waals surface area contributed by atoms with Gasteiger partial charge in [0, 0.05) is 43.5 Å². The molecule has 1 aromatic rings. The molecule has 0 aliphatic carbocycles. The smallest absolute Gasteiger partial charge is 0.122 e. The molecule has 0 amide bonds. The molecule has 0 bridgehead atoms. The Bertz CT molecular complexity index is 463. The predicted molar refractivity (Wildman–Crippen MR) is 79.9 cm³/mol. The number of aromatic nitrogens is 1. The molecule has 3 heterocycles. The van der Waals surface area contributed by atoms with E-state index in [0.29, 0.717) is 0 Å². The van der Waals surface area contributed by atoms with Crippen LogP contribution in [-0.4, -0.2) is 42.7 Å². The molecule has 2 fully saturated rings. The minimum Gasteiger partial charge on any atom is -0.497 e. The number of nitrogens with zero attached hydrogens (tertiary/aromatic N) is 2. The normalized spacial score (nSPS) is 27.1. The lowest BCUT2D eigenvalue weighted by Gasteiger charge is -2.41. The van der Waals surface area contributed by atoms with E-state index < -0.39 is 0 Å². The molecule has 4 nitrogen and oxygen atoms in total. The summed E-state index contributed by atoms with van der Waals surface area (Å²) in [6.07, 6.45) is 3.97. The van der Waals surface area contributed by atoms with Gasteiger partial charge in [-0.05, 0) is 38.6 Å². The maximum absolute atomic E-state index is 5.34. The average Bonchev–Trinajstić information content (AvgIpc) is 2.46. The summed E-state index contributed by atoms with van der Waals surface area (Å²) in [6.45, 7) is 6.56. The molecule has 2 aliphatic heterocycles. The summed E-state index contributed by atoms with van der Waals surface area (Å²) in [5.74, 6) is 1.74. The molecule has 1 aromatic heterocycles. The molecule has 1 N–H and O–H groups in total. The van der Waals surface area contributed by atoms with Crippen LogP contribution in [0.25, 0.3) is 0 Å². The van der Waals surface area contributed by atoms with E-state index in [-0.39, 0.29) is 0 Å². The second-order valence-electron chi connectivity index (χ2n) is 6.13. The Balaban J connectivity index is 1.64. The number of pyridine rings is 1. The lowest BCUT2D eigenvalue weighted by Crippen LogP contribution is -2.51. The molecule has 2 aliphatic rings. The Labute approximate surface area is 121 Å². The molecule has 0 aromatic carbocycles. The van der Waals surface area contributed by atoms with Crippen LogP contribution in [-0.2, 0) is 6.54 Å². The molecule has 2 saturated heterocycles. The van der Waals surface area contributed by atoms with Crippen LogP contribution in [0.15, 0.2) is 12.1 Å². The topological polar surface area (TPSA) is 37.4 Å². The Hall–Kier alpha value is -1.13. The molecule has 20 heavy (non-hydrogen) atoms. The molecule has 2 atom stereocenters.